The van der Waals surface area contributed by atoms with Gasteiger partial charge in [0.05, 0.1) is 4.90 Å². The van der Waals surface area contributed by atoms with Crippen LogP contribution in [0, 0.1) is 12.7 Å². The minimum atomic E-state index is -4.47. The van der Waals surface area contributed by atoms with Gasteiger partial charge in [-0.25, -0.2) is 12.8 Å². The van der Waals surface area contributed by atoms with Crippen LogP contribution in [-0.2, 0) is 10.1 Å². The van der Waals surface area contributed by atoms with E-state index in [4.69, 9.17) is 0 Å². The van der Waals surface area contributed by atoms with Crippen molar-refractivity contribution in [3.8, 4) is 0 Å². The first-order chi connectivity index (χ1) is 5.41. The topological polar surface area (TPSA) is 57.2 Å². The van der Waals surface area contributed by atoms with Crippen LogP contribution in [0.4, 0.5) is 4.39 Å². The van der Waals surface area contributed by atoms with Crippen LogP contribution < -0.4 is 29.6 Å². The summed E-state index contributed by atoms with van der Waals surface area (Å²) in [7, 11) is -4.47. The van der Waals surface area contributed by atoms with Gasteiger partial charge >= 0.3 is 29.6 Å². The Kier molecular flexibility index (Phi) is 4.54. The molecular formula is C7H6FNaO3S. The second-order valence-corrected chi connectivity index (χ2v) is 3.71. The van der Waals surface area contributed by atoms with Crippen LogP contribution in [0.3, 0.4) is 0 Å². The van der Waals surface area contributed by atoms with E-state index in [1.54, 1.807) is 0 Å². The molecule has 13 heavy (non-hydrogen) atoms. The fourth-order valence-electron chi connectivity index (χ4n) is 0.893. The van der Waals surface area contributed by atoms with Crippen LogP contribution in [-0.4, -0.2) is 13.0 Å². The molecule has 3 nitrogen and oxygen atoms in total. The van der Waals surface area contributed by atoms with Gasteiger partial charge < -0.3 is 4.55 Å². The molecule has 0 aliphatic rings. The second-order valence-electron chi connectivity index (χ2n) is 2.36. The van der Waals surface area contributed by atoms with Gasteiger partial charge in [0.15, 0.2) is 0 Å². The van der Waals surface area contributed by atoms with E-state index < -0.39 is 15.9 Å². The monoisotopic (exact) mass is 212 g/mol. The standard InChI is InChI=1S/C7H7FO3S.Na/c1-5-4-6(8)2-3-7(5)12(9,10)11;/h2-4H,1H3,(H,9,10,11);/q;+1/p-1. The third-order valence-corrected chi connectivity index (χ3v) is 2.40. The number of halogens is 1. The summed E-state index contributed by atoms with van der Waals surface area (Å²) >= 11 is 0. The molecule has 66 valence electrons. The second kappa shape index (κ2) is 4.52. The van der Waals surface area contributed by atoms with Gasteiger partial charge in [-0.05, 0) is 30.7 Å². The van der Waals surface area contributed by atoms with Crippen molar-refractivity contribution in [3.63, 3.8) is 0 Å². The molecule has 0 aliphatic heterocycles. The summed E-state index contributed by atoms with van der Waals surface area (Å²) in [6.45, 7) is 1.37. The molecule has 1 rings (SSSR count). The molecule has 0 unspecified atom stereocenters. The van der Waals surface area contributed by atoms with Gasteiger partial charge in [0.1, 0.15) is 15.9 Å². The summed E-state index contributed by atoms with van der Waals surface area (Å²) in [5, 5.41) is 0. The van der Waals surface area contributed by atoms with E-state index >= 15 is 0 Å². The van der Waals surface area contributed by atoms with Crippen LogP contribution >= 0.6 is 0 Å². The Hall–Kier alpha value is 0.0600. The van der Waals surface area contributed by atoms with E-state index in [9.17, 15) is 17.4 Å². The van der Waals surface area contributed by atoms with Gasteiger partial charge in [0.25, 0.3) is 0 Å². The minimum Gasteiger partial charge on any atom is -0.744 e. The van der Waals surface area contributed by atoms with E-state index in [2.05, 4.69) is 0 Å². The molecule has 0 radical (unpaired) electrons. The molecule has 6 heteroatoms. The van der Waals surface area contributed by atoms with E-state index in [1.807, 2.05) is 0 Å². The summed E-state index contributed by atoms with van der Waals surface area (Å²) in [4.78, 5) is -0.371. The summed E-state index contributed by atoms with van der Waals surface area (Å²) < 4.78 is 43.9. The Morgan fingerprint density at radius 1 is 1.38 bits per heavy atom. The van der Waals surface area contributed by atoms with Crippen LogP contribution in [0.25, 0.3) is 0 Å². The Bertz CT molecular complexity index is 402. The average Bonchev–Trinajstić information content (AvgIpc) is 1.83. The molecule has 1 aromatic carbocycles. The molecule has 0 fully saturated rings. The molecule has 0 spiro atoms. The van der Waals surface area contributed by atoms with Crippen molar-refractivity contribution >= 4 is 10.1 Å². The zero-order valence-corrected chi connectivity index (χ0v) is 10.1. The van der Waals surface area contributed by atoms with Gasteiger partial charge in [0, 0.05) is 0 Å². The van der Waals surface area contributed by atoms with Crippen LogP contribution in [0.5, 0.6) is 0 Å². The molecule has 0 amide bonds. The van der Waals surface area contributed by atoms with Crippen molar-refractivity contribution in [1.29, 1.82) is 0 Å². The van der Waals surface area contributed by atoms with Gasteiger partial charge in [-0.3, -0.25) is 0 Å². The predicted molar refractivity (Wildman–Crippen MR) is 39.1 cm³/mol. The first kappa shape index (κ1) is 13.1. The average molecular weight is 212 g/mol. The van der Waals surface area contributed by atoms with E-state index in [1.165, 1.54) is 6.92 Å². The third-order valence-electron chi connectivity index (χ3n) is 1.41. The molecule has 0 aromatic heterocycles. The fraction of sp³-hybridized carbons (Fsp3) is 0.143. The molecule has 0 atom stereocenters. The first-order valence-corrected chi connectivity index (χ1v) is 4.54. The zero-order chi connectivity index (χ0) is 9.35. The predicted octanol–water partition coefficient (Wildman–Crippen LogP) is -1.96. The van der Waals surface area contributed by atoms with Crippen molar-refractivity contribution < 1.29 is 46.9 Å². The van der Waals surface area contributed by atoms with Crippen LogP contribution in [0.15, 0.2) is 23.1 Å². The van der Waals surface area contributed by atoms with Crippen molar-refractivity contribution in [2.24, 2.45) is 0 Å². The zero-order valence-electron chi connectivity index (χ0n) is 7.24. The number of rotatable bonds is 1. The van der Waals surface area contributed by atoms with E-state index in [0.29, 0.717) is 0 Å². The molecule has 0 saturated heterocycles. The van der Waals surface area contributed by atoms with Crippen molar-refractivity contribution in [1.82, 2.24) is 0 Å². The largest absolute Gasteiger partial charge is 1.00 e. The first-order valence-electron chi connectivity index (χ1n) is 3.13. The van der Waals surface area contributed by atoms with Crippen molar-refractivity contribution in [2.45, 2.75) is 11.8 Å². The number of aryl methyl sites for hydroxylation is 1. The van der Waals surface area contributed by atoms with E-state index in [-0.39, 0.29) is 40.0 Å². The molecule has 0 bridgehead atoms. The minimum absolute atomic E-state index is 0. The molecule has 0 heterocycles. The maximum absolute atomic E-state index is 12.4. The molecule has 1 aromatic rings. The summed E-state index contributed by atoms with van der Waals surface area (Å²) in [5.74, 6) is -0.556. The number of hydrogen-bond donors (Lipinski definition) is 0. The summed E-state index contributed by atoms with van der Waals surface area (Å²) in [5.41, 5.74) is 0.130. The Balaban J connectivity index is 0.00000144. The Labute approximate surface area is 98.0 Å². The molecule has 0 saturated carbocycles. The third kappa shape index (κ3) is 3.36. The molecule has 0 N–H and O–H groups in total. The summed E-state index contributed by atoms with van der Waals surface area (Å²) in [6, 6.07) is 2.91. The number of benzene rings is 1. The van der Waals surface area contributed by atoms with Crippen molar-refractivity contribution in [3.05, 3.63) is 29.6 Å². The van der Waals surface area contributed by atoms with Gasteiger partial charge in [0.2, 0.25) is 0 Å². The number of hydrogen-bond acceptors (Lipinski definition) is 3. The van der Waals surface area contributed by atoms with Gasteiger partial charge in [-0.2, -0.15) is 0 Å². The molecule has 0 aliphatic carbocycles. The SMILES string of the molecule is Cc1cc(F)ccc1S(=O)(=O)[O-].[Na+]. The van der Waals surface area contributed by atoms with Crippen molar-refractivity contribution in [2.75, 3.05) is 0 Å². The fourth-order valence-corrected chi connectivity index (χ4v) is 1.58. The van der Waals surface area contributed by atoms with Crippen LogP contribution in [0.2, 0.25) is 0 Å². The maximum Gasteiger partial charge on any atom is 1.00 e. The smallest absolute Gasteiger partial charge is 0.744 e. The van der Waals surface area contributed by atoms with Crippen LogP contribution in [0.1, 0.15) is 5.56 Å². The summed E-state index contributed by atoms with van der Waals surface area (Å²) in [6.07, 6.45) is 0. The molecular weight excluding hydrogens is 206 g/mol. The normalized spacial score (nSPS) is 10.7. The Morgan fingerprint density at radius 3 is 2.31 bits per heavy atom. The van der Waals surface area contributed by atoms with Gasteiger partial charge in [-0.15, -0.1) is 0 Å². The quantitative estimate of drug-likeness (QED) is 0.401. The Morgan fingerprint density at radius 2 is 1.92 bits per heavy atom. The van der Waals surface area contributed by atoms with E-state index in [0.717, 1.165) is 18.2 Å². The van der Waals surface area contributed by atoms with Gasteiger partial charge in [-0.1, -0.05) is 0 Å². The maximum atomic E-state index is 12.4.